The number of anilines is 1. The second-order valence-electron chi connectivity index (χ2n) is 5.62. The summed E-state index contributed by atoms with van der Waals surface area (Å²) >= 11 is 0. The fourth-order valence-electron chi connectivity index (χ4n) is 2.40. The molecule has 0 fully saturated rings. The van der Waals surface area contributed by atoms with Crippen molar-refractivity contribution in [3.63, 3.8) is 0 Å². The minimum Gasteiger partial charge on any atom is -0.494 e. The van der Waals surface area contributed by atoms with Gasteiger partial charge in [-0.1, -0.05) is 12.1 Å². The van der Waals surface area contributed by atoms with Gasteiger partial charge >= 0.3 is 0 Å². The van der Waals surface area contributed by atoms with Crippen molar-refractivity contribution in [2.24, 2.45) is 0 Å². The first-order chi connectivity index (χ1) is 12.6. The van der Waals surface area contributed by atoms with Crippen molar-refractivity contribution in [2.45, 2.75) is 13.5 Å². The van der Waals surface area contributed by atoms with E-state index in [4.69, 9.17) is 19.9 Å². The van der Waals surface area contributed by atoms with E-state index in [0.29, 0.717) is 41.9 Å². The number of ether oxygens (including phenoxy) is 3. The summed E-state index contributed by atoms with van der Waals surface area (Å²) in [5.74, 6) is 2.29. The van der Waals surface area contributed by atoms with E-state index in [9.17, 15) is 4.39 Å². The van der Waals surface area contributed by atoms with Gasteiger partial charge in [0.05, 0.1) is 12.3 Å². The summed E-state index contributed by atoms with van der Waals surface area (Å²) in [6, 6.07) is 18.8. The molecule has 0 aliphatic rings. The van der Waals surface area contributed by atoms with Crippen LogP contribution in [-0.4, -0.2) is 6.61 Å². The van der Waals surface area contributed by atoms with Crippen molar-refractivity contribution in [1.82, 2.24) is 0 Å². The zero-order valence-corrected chi connectivity index (χ0v) is 14.4. The highest BCUT2D eigenvalue weighted by Gasteiger charge is 2.05. The van der Waals surface area contributed by atoms with E-state index >= 15 is 0 Å². The van der Waals surface area contributed by atoms with Crippen LogP contribution in [0.1, 0.15) is 12.5 Å². The first kappa shape index (κ1) is 17.6. The van der Waals surface area contributed by atoms with Gasteiger partial charge in [0.2, 0.25) is 0 Å². The lowest BCUT2D eigenvalue weighted by Gasteiger charge is -2.11. The van der Waals surface area contributed by atoms with Crippen LogP contribution in [0.5, 0.6) is 23.0 Å². The first-order valence-electron chi connectivity index (χ1n) is 8.31. The number of hydrogen-bond acceptors (Lipinski definition) is 4. The Morgan fingerprint density at radius 2 is 1.58 bits per heavy atom. The Hall–Kier alpha value is -3.21. The lowest BCUT2D eigenvalue weighted by Crippen LogP contribution is -1.97. The minimum atomic E-state index is -0.275. The zero-order chi connectivity index (χ0) is 18.4. The largest absolute Gasteiger partial charge is 0.494 e. The van der Waals surface area contributed by atoms with E-state index in [-0.39, 0.29) is 5.82 Å². The Bertz CT molecular complexity index is 865. The smallest absolute Gasteiger partial charge is 0.150 e. The van der Waals surface area contributed by atoms with Crippen molar-refractivity contribution in [3.05, 3.63) is 78.1 Å². The monoisotopic (exact) mass is 353 g/mol. The van der Waals surface area contributed by atoms with E-state index < -0.39 is 0 Å². The maximum Gasteiger partial charge on any atom is 0.150 e. The summed E-state index contributed by atoms with van der Waals surface area (Å²) in [5.41, 5.74) is 7.27. The van der Waals surface area contributed by atoms with Crippen molar-refractivity contribution < 1.29 is 18.6 Å². The molecule has 0 spiro atoms. The van der Waals surface area contributed by atoms with Gasteiger partial charge in [-0.2, -0.15) is 0 Å². The fraction of sp³-hybridized carbons (Fsp3) is 0.143. The van der Waals surface area contributed by atoms with Gasteiger partial charge in [-0.15, -0.1) is 0 Å². The predicted octanol–water partition coefficient (Wildman–Crippen LogP) is 5.18. The van der Waals surface area contributed by atoms with E-state index in [1.54, 1.807) is 42.5 Å². The fourth-order valence-corrected chi connectivity index (χ4v) is 2.40. The number of nitrogens with two attached hydrogens (primary N) is 1. The number of hydrogen-bond donors (Lipinski definition) is 1. The van der Waals surface area contributed by atoms with Gasteiger partial charge in [0.15, 0.2) is 5.75 Å². The van der Waals surface area contributed by atoms with Crippen LogP contribution in [0.2, 0.25) is 0 Å². The van der Waals surface area contributed by atoms with Crippen molar-refractivity contribution in [3.8, 4) is 23.0 Å². The van der Waals surface area contributed by atoms with Crippen LogP contribution in [0, 0.1) is 5.82 Å². The Balaban J connectivity index is 1.61. The number of rotatable bonds is 7. The molecule has 0 aliphatic carbocycles. The van der Waals surface area contributed by atoms with Gasteiger partial charge in [0, 0.05) is 6.07 Å². The van der Waals surface area contributed by atoms with Crippen LogP contribution < -0.4 is 19.9 Å². The van der Waals surface area contributed by atoms with Gasteiger partial charge in [-0.3, -0.25) is 0 Å². The number of benzene rings is 3. The molecule has 0 bridgehead atoms. The molecule has 3 aromatic rings. The van der Waals surface area contributed by atoms with E-state index in [1.165, 1.54) is 12.1 Å². The lowest BCUT2D eigenvalue weighted by molar-refractivity contribution is 0.305. The molecule has 134 valence electrons. The standard InChI is InChI=1S/C21H20FNO3/c1-2-24-19-10-11-21(20(23)13-19)26-18-8-6-17(7-9-18)25-14-15-4-3-5-16(22)12-15/h3-13H,2,14,23H2,1H3. The SMILES string of the molecule is CCOc1ccc(Oc2ccc(OCc3cccc(F)c3)cc2)c(N)c1. The predicted molar refractivity (Wildman–Crippen MR) is 99.3 cm³/mol. The van der Waals surface area contributed by atoms with Gasteiger partial charge in [0.1, 0.15) is 29.7 Å². The van der Waals surface area contributed by atoms with Crippen molar-refractivity contribution >= 4 is 5.69 Å². The van der Waals surface area contributed by atoms with Crippen LogP contribution in [0.3, 0.4) is 0 Å². The molecule has 2 N–H and O–H groups in total. The Labute approximate surface area is 151 Å². The summed E-state index contributed by atoms with van der Waals surface area (Å²) in [5, 5.41) is 0. The lowest BCUT2D eigenvalue weighted by atomic mass is 10.2. The summed E-state index contributed by atoms with van der Waals surface area (Å²) in [7, 11) is 0. The quantitative estimate of drug-likeness (QED) is 0.595. The van der Waals surface area contributed by atoms with Crippen LogP contribution in [0.15, 0.2) is 66.7 Å². The van der Waals surface area contributed by atoms with Crippen molar-refractivity contribution in [2.75, 3.05) is 12.3 Å². The van der Waals surface area contributed by atoms with Crippen LogP contribution >= 0.6 is 0 Å². The minimum absolute atomic E-state index is 0.275. The van der Waals surface area contributed by atoms with Gasteiger partial charge in [-0.05, 0) is 61.0 Å². The van der Waals surface area contributed by atoms with Crippen molar-refractivity contribution in [1.29, 1.82) is 0 Å². The average Bonchev–Trinajstić information content (AvgIpc) is 2.64. The van der Waals surface area contributed by atoms with Crippen LogP contribution in [0.4, 0.5) is 10.1 Å². The normalized spacial score (nSPS) is 10.4. The third-order valence-electron chi connectivity index (χ3n) is 3.64. The number of nitrogen functional groups attached to an aromatic ring is 1. The van der Waals surface area contributed by atoms with E-state index in [2.05, 4.69) is 0 Å². The van der Waals surface area contributed by atoms with E-state index in [0.717, 1.165) is 5.56 Å². The molecule has 0 saturated carbocycles. The summed E-state index contributed by atoms with van der Waals surface area (Å²) in [4.78, 5) is 0. The van der Waals surface area contributed by atoms with Gasteiger partial charge < -0.3 is 19.9 Å². The average molecular weight is 353 g/mol. The highest BCUT2D eigenvalue weighted by molar-refractivity contribution is 5.57. The second kappa shape index (κ2) is 8.25. The molecule has 0 atom stereocenters. The molecule has 0 saturated heterocycles. The van der Waals surface area contributed by atoms with Crippen LogP contribution in [0.25, 0.3) is 0 Å². The molecule has 3 aromatic carbocycles. The highest BCUT2D eigenvalue weighted by atomic mass is 19.1. The third-order valence-corrected chi connectivity index (χ3v) is 3.64. The molecular weight excluding hydrogens is 333 g/mol. The molecule has 5 heteroatoms. The number of halogens is 1. The molecule has 0 aliphatic heterocycles. The summed E-state index contributed by atoms with van der Waals surface area (Å²) < 4.78 is 30.0. The molecular formula is C21H20FNO3. The molecule has 0 unspecified atom stereocenters. The van der Waals surface area contributed by atoms with Gasteiger partial charge in [-0.25, -0.2) is 4.39 Å². The Morgan fingerprint density at radius 3 is 2.27 bits per heavy atom. The highest BCUT2D eigenvalue weighted by Crippen LogP contribution is 2.31. The third kappa shape index (κ3) is 4.66. The topological polar surface area (TPSA) is 53.7 Å². The summed E-state index contributed by atoms with van der Waals surface area (Å²) in [6.07, 6.45) is 0. The van der Waals surface area contributed by atoms with E-state index in [1.807, 2.05) is 19.1 Å². The maximum atomic E-state index is 13.2. The summed E-state index contributed by atoms with van der Waals surface area (Å²) in [6.45, 7) is 2.79. The first-order valence-corrected chi connectivity index (χ1v) is 8.31. The molecule has 0 amide bonds. The maximum absolute atomic E-state index is 13.2. The zero-order valence-electron chi connectivity index (χ0n) is 14.4. The molecule has 0 radical (unpaired) electrons. The van der Waals surface area contributed by atoms with Gasteiger partial charge in [0.25, 0.3) is 0 Å². The Morgan fingerprint density at radius 1 is 0.846 bits per heavy atom. The molecule has 3 rings (SSSR count). The van der Waals surface area contributed by atoms with Crippen LogP contribution in [-0.2, 0) is 6.61 Å². The molecule has 0 heterocycles. The second-order valence-corrected chi connectivity index (χ2v) is 5.62. The molecule has 26 heavy (non-hydrogen) atoms. The Kier molecular flexibility index (Phi) is 5.59. The molecule has 4 nitrogen and oxygen atoms in total. The molecule has 0 aromatic heterocycles.